The van der Waals surface area contributed by atoms with Crippen LogP contribution in [0.1, 0.15) is 17.4 Å². The van der Waals surface area contributed by atoms with Crippen LogP contribution in [0.15, 0.2) is 80.0 Å². The van der Waals surface area contributed by atoms with Gasteiger partial charge >= 0.3 is 0 Å². The van der Waals surface area contributed by atoms with Gasteiger partial charge in [0.25, 0.3) is 5.91 Å². The summed E-state index contributed by atoms with van der Waals surface area (Å²) in [6.45, 7) is 5.10. The van der Waals surface area contributed by atoms with E-state index in [1.54, 1.807) is 24.1 Å². The van der Waals surface area contributed by atoms with Crippen LogP contribution in [0, 0.1) is 0 Å². The number of nitrogens with zero attached hydrogens (tertiary/aromatic N) is 6. The Morgan fingerprint density at radius 3 is 2.69 bits per heavy atom. The Kier molecular flexibility index (Phi) is 8.62. The highest BCUT2D eigenvalue weighted by atomic mass is 32.2. The van der Waals surface area contributed by atoms with Gasteiger partial charge in [-0.2, -0.15) is 4.99 Å². The van der Waals surface area contributed by atoms with Crippen molar-refractivity contribution in [3.8, 4) is 5.75 Å². The highest BCUT2D eigenvalue weighted by Gasteiger charge is 2.26. The lowest BCUT2D eigenvalue weighted by molar-refractivity contribution is 0.0238. The topological polar surface area (TPSA) is 124 Å². The first-order valence-corrected chi connectivity index (χ1v) is 13.0. The van der Waals surface area contributed by atoms with Gasteiger partial charge in [0.05, 0.1) is 0 Å². The lowest BCUT2D eigenvalue weighted by Gasteiger charge is -2.38. The quantitative estimate of drug-likeness (QED) is 0.302. The van der Waals surface area contributed by atoms with E-state index >= 15 is 0 Å². The van der Waals surface area contributed by atoms with Crippen LogP contribution in [0.3, 0.4) is 0 Å². The van der Waals surface area contributed by atoms with E-state index in [0.717, 1.165) is 30.3 Å². The molecule has 1 saturated heterocycles. The van der Waals surface area contributed by atoms with E-state index in [0.29, 0.717) is 15.1 Å². The van der Waals surface area contributed by atoms with Crippen LogP contribution in [-0.2, 0) is 7.05 Å². The molecule has 1 amide bonds. The van der Waals surface area contributed by atoms with Gasteiger partial charge in [-0.25, -0.2) is 4.98 Å². The van der Waals surface area contributed by atoms with Crippen LogP contribution in [0.25, 0.3) is 0 Å². The molecule has 10 nitrogen and oxygen atoms in total. The van der Waals surface area contributed by atoms with E-state index in [2.05, 4.69) is 37.3 Å². The summed E-state index contributed by atoms with van der Waals surface area (Å²) in [5, 5.41) is 12.0. The van der Waals surface area contributed by atoms with E-state index < -0.39 is 5.91 Å². The van der Waals surface area contributed by atoms with Crippen molar-refractivity contribution < 1.29 is 9.53 Å². The summed E-state index contributed by atoms with van der Waals surface area (Å²) >= 11 is 2.74. The van der Waals surface area contributed by atoms with E-state index in [1.807, 2.05) is 43.4 Å². The molecule has 3 N–H and O–H groups in total. The lowest BCUT2D eigenvalue weighted by atomic mass is 10.2. The van der Waals surface area contributed by atoms with Gasteiger partial charge in [-0.15, -0.1) is 10.2 Å². The number of nitrogens with two attached hydrogens (primary N) is 1. The average molecular weight is 525 g/mol. The second-order valence-corrected chi connectivity index (χ2v) is 10.1. The van der Waals surface area contributed by atoms with Gasteiger partial charge in [0, 0.05) is 37.0 Å². The van der Waals surface area contributed by atoms with Crippen molar-refractivity contribution >= 4 is 35.3 Å². The number of aliphatic imine (C=N–C) groups is 1. The molecule has 3 heterocycles. The fourth-order valence-corrected chi connectivity index (χ4v) is 4.95. The third-order valence-corrected chi connectivity index (χ3v) is 7.32. The Morgan fingerprint density at radius 2 is 2.03 bits per heavy atom. The van der Waals surface area contributed by atoms with Gasteiger partial charge in [-0.3, -0.25) is 9.69 Å². The number of hydrogen-bond donors (Lipinski definition) is 2. The van der Waals surface area contributed by atoms with Gasteiger partial charge < -0.3 is 20.4 Å². The molecule has 0 spiro atoms. The van der Waals surface area contributed by atoms with Crippen molar-refractivity contribution in [3.63, 3.8) is 0 Å². The molecule has 1 aliphatic heterocycles. The van der Waals surface area contributed by atoms with Gasteiger partial charge in [0.2, 0.25) is 0 Å². The normalized spacial score (nSPS) is 14.7. The van der Waals surface area contributed by atoms with Crippen molar-refractivity contribution in [2.75, 3.05) is 26.7 Å². The number of ether oxygens (including phenoxy) is 1. The Balaban J connectivity index is 1.54. The monoisotopic (exact) mass is 524 g/mol. The number of hydrogen-bond acceptors (Lipinski definition) is 9. The first kappa shape index (κ1) is 25.7. The van der Waals surface area contributed by atoms with E-state index in [9.17, 15) is 4.79 Å². The van der Waals surface area contributed by atoms with Crippen molar-refractivity contribution in [3.05, 3.63) is 60.7 Å². The molecule has 12 heteroatoms. The summed E-state index contributed by atoms with van der Waals surface area (Å²) in [5.41, 5.74) is 6.09. The Labute approximate surface area is 218 Å². The van der Waals surface area contributed by atoms with Crippen LogP contribution < -0.4 is 15.8 Å². The molecular weight excluding hydrogens is 496 g/mol. The zero-order valence-electron chi connectivity index (χ0n) is 20.3. The van der Waals surface area contributed by atoms with Crippen molar-refractivity contribution in [2.24, 2.45) is 17.8 Å². The van der Waals surface area contributed by atoms with E-state index in [-0.39, 0.29) is 17.6 Å². The Hall–Kier alpha value is -3.35. The maximum Gasteiger partial charge on any atom is 0.298 e. The van der Waals surface area contributed by atoms with Crippen LogP contribution in [0.4, 0.5) is 0 Å². The molecule has 1 aromatic carbocycles. The predicted octanol–water partition coefficient (Wildman–Crippen LogP) is 2.83. The van der Waals surface area contributed by atoms with Crippen LogP contribution >= 0.6 is 23.5 Å². The minimum absolute atomic E-state index is 0.0811. The van der Waals surface area contributed by atoms with Crippen LogP contribution in [0.2, 0.25) is 0 Å². The van der Waals surface area contributed by atoms with Gasteiger partial charge in [-0.1, -0.05) is 18.7 Å². The number of likely N-dealkylation sites (N-methyl/N-ethyl adjacent to an activating group) is 1. The van der Waals surface area contributed by atoms with Crippen LogP contribution in [-0.4, -0.2) is 69.2 Å². The number of amidine groups is 1. The predicted molar refractivity (Wildman–Crippen MR) is 141 cm³/mol. The molecule has 2 aromatic heterocycles. The first-order valence-electron chi connectivity index (χ1n) is 11.4. The number of aryl methyl sites for hydroxylation is 1. The maximum absolute atomic E-state index is 13.1. The molecule has 3 aromatic rings. The van der Waals surface area contributed by atoms with Crippen LogP contribution in [0.5, 0.6) is 5.75 Å². The zero-order chi connectivity index (χ0) is 25.5. The first-order chi connectivity index (χ1) is 17.4. The molecule has 188 valence electrons. The molecule has 0 saturated carbocycles. The summed E-state index contributed by atoms with van der Waals surface area (Å²) in [6.07, 6.45) is 4.96. The summed E-state index contributed by atoms with van der Waals surface area (Å²) < 4.78 is 7.80. The number of nitrogens with one attached hydrogen (secondary N) is 1. The van der Waals surface area contributed by atoms with Crippen molar-refractivity contribution in [2.45, 2.75) is 33.0 Å². The SMILES string of the molecule is CCN1CC(Oc2ccc(Sc3ccc(Sc4nncn4C)nc3C(=O)N=C(N)/C=C\NC)cc2)C1. The number of aromatic nitrogens is 4. The standard InChI is InChI=1S/C24H28N8O2S2/c1-4-32-13-17(14-32)34-16-5-7-18(8-6-16)35-19-9-10-21(36-24-30-27-15-31(24)3)29-22(19)23(33)28-20(25)11-12-26-2/h5-12,15,17,26H,4,13-14H2,1-3H3,(H2,25,28,33)/b12-11-. The number of pyridine rings is 1. The summed E-state index contributed by atoms with van der Waals surface area (Å²) in [4.78, 5) is 25.6. The highest BCUT2D eigenvalue weighted by Crippen LogP contribution is 2.34. The molecule has 0 bridgehead atoms. The second-order valence-electron chi connectivity index (χ2n) is 7.95. The number of carbonyl (C=O) groups is 1. The molecular formula is C24H28N8O2S2. The van der Waals surface area contributed by atoms with Gasteiger partial charge in [0.1, 0.15) is 34.7 Å². The largest absolute Gasteiger partial charge is 0.488 e. The third-order valence-electron chi connectivity index (χ3n) is 5.28. The number of benzene rings is 1. The van der Waals surface area contributed by atoms with Crippen molar-refractivity contribution in [1.82, 2.24) is 30.0 Å². The smallest absolute Gasteiger partial charge is 0.298 e. The molecule has 0 atom stereocenters. The Bertz CT molecular complexity index is 1250. The molecule has 0 aliphatic carbocycles. The maximum atomic E-state index is 13.1. The van der Waals surface area contributed by atoms with E-state index in [4.69, 9.17) is 10.5 Å². The molecule has 1 fully saturated rings. The minimum atomic E-state index is -0.526. The fourth-order valence-electron chi connectivity index (χ4n) is 3.32. The number of amides is 1. The number of carbonyl (C=O) groups excluding carboxylic acids is 1. The zero-order valence-corrected chi connectivity index (χ0v) is 21.9. The summed E-state index contributed by atoms with van der Waals surface area (Å²) in [5.74, 6) is 0.387. The van der Waals surface area contributed by atoms with Crippen molar-refractivity contribution in [1.29, 1.82) is 0 Å². The minimum Gasteiger partial charge on any atom is -0.488 e. The molecule has 0 radical (unpaired) electrons. The van der Waals surface area contributed by atoms with Gasteiger partial charge in [0.15, 0.2) is 5.16 Å². The van der Waals surface area contributed by atoms with Gasteiger partial charge in [-0.05, 0) is 67.0 Å². The molecule has 1 aliphatic rings. The number of likely N-dealkylation sites (tertiary alicyclic amines) is 1. The summed E-state index contributed by atoms with van der Waals surface area (Å²) in [7, 11) is 3.58. The second kappa shape index (κ2) is 12.1. The lowest BCUT2D eigenvalue weighted by Crippen LogP contribution is -2.53. The Morgan fingerprint density at radius 1 is 1.25 bits per heavy atom. The highest BCUT2D eigenvalue weighted by molar-refractivity contribution is 7.99. The average Bonchev–Trinajstić information content (AvgIpc) is 3.25. The third kappa shape index (κ3) is 6.65. The summed E-state index contributed by atoms with van der Waals surface area (Å²) in [6, 6.07) is 11.5. The molecule has 36 heavy (non-hydrogen) atoms. The number of rotatable bonds is 10. The molecule has 4 rings (SSSR count). The van der Waals surface area contributed by atoms with E-state index in [1.165, 1.54) is 29.6 Å². The fraction of sp³-hybridized carbons (Fsp3) is 0.292. The molecule has 0 unspecified atom stereocenters.